The van der Waals surface area contributed by atoms with Crippen LogP contribution in [-0.2, 0) is 16.6 Å². The minimum absolute atomic E-state index is 0.320. The Bertz CT molecular complexity index is 616. The third kappa shape index (κ3) is 3.86. The predicted molar refractivity (Wildman–Crippen MR) is 88.5 cm³/mol. The molecule has 1 aliphatic carbocycles. The molecule has 0 aromatic heterocycles. The van der Waals surface area contributed by atoms with Crippen LogP contribution < -0.4 is 10.5 Å². The monoisotopic (exact) mass is 374 g/mol. The minimum Gasteiger partial charge on any atom is -0.326 e. The Hall–Kier alpha value is -0.430. The Morgan fingerprint density at radius 2 is 2.10 bits per heavy atom. The van der Waals surface area contributed by atoms with Gasteiger partial charge in [0.1, 0.15) is 0 Å². The largest absolute Gasteiger partial charge is 0.326 e. The molecule has 1 fully saturated rings. The Balaban J connectivity index is 2.21. The zero-order chi connectivity index (χ0) is 15.6. The maximum atomic E-state index is 12.6. The number of rotatable bonds is 5. The van der Waals surface area contributed by atoms with Gasteiger partial charge in [-0.15, -0.1) is 0 Å². The second-order valence-corrected chi connectivity index (χ2v) is 8.51. The summed E-state index contributed by atoms with van der Waals surface area (Å²) < 4.78 is 28.7. The molecule has 2 rings (SSSR count). The molecule has 118 valence electrons. The van der Waals surface area contributed by atoms with Crippen LogP contribution in [0.25, 0.3) is 0 Å². The minimum atomic E-state index is -3.49. The van der Waals surface area contributed by atoms with E-state index in [-0.39, 0.29) is 0 Å². The molecule has 1 saturated carbocycles. The van der Waals surface area contributed by atoms with E-state index in [0.717, 1.165) is 22.0 Å². The van der Waals surface area contributed by atoms with E-state index in [1.165, 1.54) is 12.8 Å². The van der Waals surface area contributed by atoms with Crippen LogP contribution in [0, 0.1) is 18.8 Å². The fourth-order valence-electron chi connectivity index (χ4n) is 2.92. The number of hydrogen-bond acceptors (Lipinski definition) is 3. The molecule has 0 bridgehead atoms. The van der Waals surface area contributed by atoms with Crippen molar-refractivity contribution in [3.05, 3.63) is 27.7 Å². The van der Waals surface area contributed by atoms with Crippen LogP contribution in [-0.4, -0.2) is 15.0 Å². The van der Waals surface area contributed by atoms with Crippen LogP contribution in [0.15, 0.2) is 21.5 Å². The summed E-state index contributed by atoms with van der Waals surface area (Å²) in [5.41, 5.74) is 7.17. The summed E-state index contributed by atoms with van der Waals surface area (Å²) >= 11 is 3.41. The maximum absolute atomic E-state index is 12.6. The molecule has 1 aromatic carbocycles. The summed E-state index contributed by atoms with van der Waals surface area (Å²) in [6.07, 6.45) is 3.50. The molecule has 0 saturated heterocycles. The van der Waals surface area contributed by atoms with Crippen LogP contribution in [0.5, 0.6) is 0 Å². The molecule has 0 amide bonds. The van der Waals surface area contributed by atoms with Crippen LogP contribution in [0.4, 0.5) is 0 Å². The first-order valence-corrected chi connectivity index (χ1v) is 9.61. The molecule has 21 heavy (non-hydrogen) atoms. The van der Waals surface area contributed by atoms with E-state index in [1.54, 1.807) is 13.0 Å². The molecule has 1 aromatic rings. The van der Waals surface area contributed by atoms with Gasteiger partial charge in [-0.3, -0.25) is 0 Å². The number of sulfonamides is 1. The van der Waals surface area contributed by atoms with Gasteiger partial charge in [-0.2, -0.15) is 0 Å². The van der Waals surface area contributed by atoms with Gasteiger partial charge in [0.2, 0.25) is 10.0 Å². The van der Waals surface area contributed by atoms with Crippen molar-refractivity contribution in [2.75, 3.05) is 6.54 Å². The third-order valence-corrected chi connectivity index (χ3v) is 6.83. The zero-order valence-electron chi connectivity index (χ0n) is 12.5. The predicted octanol–water partition coefficient (Wildman–Crippen LogP) is 2.93. The average molecular weight is 375 g/mol. The SMILES string of the molecule is Cc1c(Br)cc(CN)cc1S(=O)(=O)NCC1CCCC1C. The highest BCUT2D eigenvalue weighted by atomic mass is 79.9. The summed E-state index contributed by atoms with van der Waals surface area (Å²) in [5.74, 6) is 1.04. The molecule has 3 N–H and O–H groups in total. The number of benzene rings is 1. The number of halogens is 1. The van der Waals surface area contributed by atoms with E-state index in [4.69, 9.17) is 5.73 Å². The molecule has 6 heteroatoms. The van der Waals surface area contributed by atoms with E-state index in [1.807, 2.05) is 6.07 Å². The van der Waals surface area contributed by atoms with Gasteiger partial charge in [0, 0.05) is 17.6 Å². The second-order valence-electron chi connectivity index (χ2n) is 5.93. The van der Waals surface area contributed by atoms with Gasteiger partial charge in [-0.1, -0.05) is 35.7 Å². The van der Waals surface area contributed by atoms with E-state index >= 15 is 0 Å². The molecule has 0 radical (unpaired) electrons. The highest BCUT2D eigenvalue weighted by Crippen LogP contribution is 2.31. The lowest BCUT2D eigenvalue weighted by Gasteiger charge is -2.17. The highest BCUT2D eigenvalue weighted by molar-refractivity contribution is 9.10. The number of hydrogen-bond donors (Lipinski definition) is 2. The van der Waals surface area contributed by atoms with Crippen LogP contribution >= 0.6 is 15.9 Å². The summed E-state index contributed by atoms with van der Waals surface area (Å²) in [4.78, 5) is 0.322. The van der Waals surface area contributed by atoms with Crippen molar-refractivity contribution < 1.29 is 8.42 Å². The van der Waals surface area contributed by atoms with Gasteiger partial charge >= 0.3 is 0 Å². The molecular formula is C15H23BrN2O2S. The van der Waals surface area contributed by atoms with E-state index in [2.05, 4.69) is 27.6 Å². The normalized spacial score (nSPS) is 22.7. The average Bonchev–Trinajstić information content (AvgIpc) is 2.84. The molecule has 1 aliphatic rings. The van der Waals surface area contributed by atoms with Crippen molar-refractivity contribution in [1.29, 1.82) is 0 Å². The number of nitrogens with two attached hydrogens (primary N) is 1. The fraction of sp³-hybridized carbons (Fsp3) is 0.600. The van der Waals surface area contributed by atoms with Gasteiger partial charge < -0.3 is 5.73 Å². The Morgan fingerprint density at radius 1 is 1.38 bits per heavy atom. The molecule has 2 atom stereocenters. The quantitative estimate of drug-likeness (QED) is 0.831. The first kappa shape index (κ1) is 16.9. The Labute approximate surface area is 135 Å². The lowest BCUT2D eigenvalue weighted by molar-refractivity contribution is 0.414. The van der Waals surface area contributed by atoms with Crippen molar-refractivity contribution in [1.82, 2.24) is 4.72 Å². The van der Waals surface area contributed by atoms with Crippen molar-refractivity contribution in [3.63, 3.8) is 0 Å². The topological polar surface area (TPSA) is 72.2 Å². The second kappa shape index (κ2) is 6.77. The smallest absolute Gasteiger partial charge is 0.240 e. The number of nitrogens with one attached hydrogen (secondary N) is 1. The molecule has 0 spiro atoms. The first-order chi connectivity index (χ1) is 9.85. The van der Waals surface area contributed by atoms with Crippen molar-refractivity contribution >= 4 is 26.0 Å². The van der Waals surface area contributed by atoms with Crippen molar-refractivity contribution in [2.45, 2.75) is 44.6 Å². The molecule has 2 unspecified atom stereocenters. The summed E-state index contributed by atoms with van der Waals surface area (Å²) in [6.45, 7) is 4.84. The lowest BCUT2D eigenvalue weighted by Crippen LogP contribution is -2.31. The maximum Gasteiger partial charge on any atom is 0.240 e. The van der Waals surface area contributed by atoms with Crippen molar-refractivity contribution in [3.8, 4) is 0 Å². The zero-order valence-corrected chi connectivity index (χ0v) is 14.9. The Kier molecular flexibility index (Phi) is 5.46. The Morgan fingerprint density at radius 3 is 2.67 bits per heavy atom. The van der Waals surface area contributed by atoms with E-state index in [0.29, 0.717) is 29.8 Å². The molecule has 4 nitrogen and oxygen atoms in total. The van der Waals surface area contributed by atoms with Gasteiger partial charge in [0.15, 0.2) is 0 Å². The van der Waals surface area contributed by atoms with Gasteiger partial charge in [0.25, 0.3) is 0 Å². The van der Waals surface area contributed by atoms with Gasteiger partial charge in [-0.05, 0) is 48.4 Å². The van der Waals surface area contributed by atoms with Crippen LogP contribution in [0.3, 0.4) is 0 Å². The molecular weight excluding hydrogens is 352 g/mol. The van der Waals surface area contributed by atoms with Gasteiger partial charge in [-0.25, -0.2) is 13.1 Å². The standard InChI is InChI=1S/C15H23BrN2O2S/c1-10-4-3-5-13(10)9-18-21(19,20)15-7-12(8-17)6-14(16)11(15)2/h6-7,10,13,18H,3-5,8-9,17H2,1-2H3. The molecule has 0 aliphatic heterocycles. The first-order valence-electron chi connectivity index (χ1n) is 7.34. The summed E-state index contributed by atoms with van der Waals surface area (Å²) in [7, 11) is -3.49. The van der Waals surface area contributed by atoms with E-state index < -0.39 is 10.0 Å². The third-order valence-electron chi connectivity index (χ3n) is 4.46. The van der Waals surface area contributed by atoms with Crippen LogP contribution in [0.2, 0.25) is 0 Å². The fourth-order valence-corrected chi connectivity index (χ4v) is 4.97. The summed E-state index contributed by atoms with van der Waals surface area (Å²) in [6, 6.07) is 3.54. The van der Waals surface area contributed by atoms with Gasteiger partial charge in [0.05, 0.1) is 4.90 Å². The van der Waals surface area contributed by atoms with Crippen molar-refractivity contribution in [2.24, 2.45) is 17.6 Å². The van der Waals surface area contributed by atoms with E-state index in [9.17, 15) is 8.42 Å². The highest BCUT2D eigenvalue weighted by Gasteiger charge is 2.26. The lowest BCUT2D eigenvalue weighted by atomic mass is 9.99. The van der Waals surface area contributed by atoms with Crippen LogP contribution in [0.1, 0.15) is 37.3 Å². The summed E-state index contributed by atoms with van der Waals surface area (Å²) in [5, 5.41) is 0. The molecule has 0 heterocycles.